The predicted octanol–water partition coefficient (Wildman–Crippen LogP) is 4.53. The summed E-state index contributed by atoms with van der Waals surface area (Å²) in [5.41, 5.74) is 5.75. The van der Waals surface area contributed by atoms with E-state index in [4.69, 9.17) is 34.8 Å². The summed E-state index contributed by atoms with van der Waals surface area (Å²) < 4.78 is 0. The lowest BCUT2D eigenvalue weighted by Crippen LogP contribution is -2.34. The molecular weight excluding hydrogens is 295 g/mol. The number of carbonyl (C=O) groups excluding carboxylic acids is 1. The molecular formula is C12H15Cl3N2O. The number of hydrogen-bond donors (Lipinski definition) is 2. The van der Waals surface area contributed by atoms with Gasteiger partial charge in [-0.05, 0) is 18.6 Å². The second kappa shape index (κ2) is 7.07. The minimum Gasteiger partial charge on any atom is -0.296 e. The minimum absolute atomic E-state index is 0.0626. The van der Waals surface area contributed by atoms with Gasteiger partial charge < -0.3 is 0 Å². The van der Waals surface area contributed by atoms with Crippen molar-refractivity contribution in [1.29, 1.82) is 0 Å². The number of hydrogen-bond acceptors (Lipinski definition) is 2. The Hall–Kier alpha value is -0.640. The molecule has 0 radical (unpaired) electrons. The van der Waals surface area contributed by atoms with Crippen LogP contribution in [0, 0.1) is 5.92 Å². The van der Waals surface area contributed by atoms with Crippen LogP contribution < -0.4 is 10.9 Å². The highest BCUT2D eigenvalue weighted by Crippen LogP contribution is 2.33. The molecule has 0 heterocycles. The third-order valence-corrected chi connectivity index (χ3v) is 3.30. The van der Waals surface area contributed by atoms with Gasteiger partial charge in [0.05, 0.1) is 15.7 Å². The first-order valence-electron chi connectivity index (χ1n) is 5.66. The molecule has 1 aromatic rings. The highest BCUT2D eigenvalue weighted by atomic mass is 35.5. The summed E-state index contributed by atoms with van der Waals surface area (Å²) in [5.74, 6) is -0.161. The maximum atomic E-state index is 11.7. The van der Waals surface area contributed by atoms with Crippen LogP contribution in [-0.4, -0.2) is 5.91 Å². The number of carbonyl (C=O) groups is 1. The molecule has 1 rings (SSSR count). The molecule has 100 valence electrons. The lowest BCUT2D eigenvalue weighted by atomic mass is 10.1. The van der Waals surface area contributed by atoms with Crippen molar-refractivity contribution in [3.63, 3.8) is 0 Å². The fourth-order valence-electron chi connectivity index (χ4n) is 1.47. The quantitative estimate of drug-likeness (QED) is 0.785. The average Bonchev–Trinajstić information content (AvgIpc) is 2.27. The van der Waals surface area contributed by atoms with Gasteiger partial charge in [-0.3, -0.25) is 15.6 Å². The van der Waals surface area contributed by atoms with Crippen LogP contribution in [0.25, 0.3) is 0 Å². The van der Waals surface area contributed by atoms with E-state index in [-0.39, 0.29) is 11.8 Å². The molecule has 1 amide bonds. The Morgan fingerprint density at radius 2 is 1.83 bits per heavy atom. The summed E-state index contributed by atoms with van der Waals surface area (Å²) in [6, 6.07) is 3.11. The molecule has 0 aliphatic heterocycles. The van der Waals surface area contributed by atoms with E-state index in [0.717, 1.165) is 12.8 Å². The maximum absolute atomic E-state index is 11.7. The average molecular weight is 310 g/mol. The van der Waals surface area contributed by atoms with E-state index in [1.165, 1.54) is 0 Å². The Bertz CT molecular complexity index is 414. The summed E-state index contributed by atoms with van der Waals surface area (Å²) in [5, 5.41) is 1.16. The predicted molar refractivity (Wildman–Crippen MR) is 77.3 cm³/mol. The molecule has 0 saturated heterocycles. The zero-order valence-corrected chi connectivity index (χ0v) is 12.5. The van der Waals surface area contributed by atoms with Crippen LogP contribution in [0.5, 0.6) is 0 Å². The maximum Gasteiger partial charge on any atom is 0.241 e. The van der Waals surface area contributed by atoms with E-state index < -0.39 is 0 Å². The van der Waals surface area contributed by atoms with Crippen LogP contribution >= 0.6 is 34.8 Å². The molecule has 1 atom stereocenters. The van der Waals surface area contributed by atoms with Gasteiger partial charge in [0.15, 0.2) is 0 Å². The Balaban J connectivity index is 2.67. The van der Waals surface area contributed by atoms with Crippen molar-refractivity contribution < 1.29 is 4.79 Å². The van der Waals surface area contributed by atoms with Crippen molar-refractivity contribution in [1.82, 2.24) is 5.43 Å². The van der Waals surface area contributed by atoms with Gasteiger partial charge in [0.1, 0.15) is 0 Å². The second-order valence-electron chi connectivity index (χ2n) is 4.05. The van der Waals surface area contributed by atoms with Gasteiger partial charge in [-0.25, -0.2) is 0 Å². The van der Waals surface area contributed by atoms with Gasteiger partial charge in [0.25, 0.3) is 0 Å². The van der Waals surface area contributed by atoms with E-state index in [1.54, 1.807) is 12.1 Å². The standard InChI is InChI=1S/C12H15Cl3N2O/c1-3-4-7(2)12(18)17-16-11-9(14)5-8(13)6-10(11)15/h5-7,16H,3-4H2,1-2H3,(H,17,18). The SMILES string of the molecule is CCCC(C)C(=O)NNc1c(Cl)cc(Cl)cc1Cl. The Morgan fingerprint density at radius 3 is 2.33 bits per heavy atom. The zero-order chi connectivity index (χ0) is 13.7. The smallest absolute Gasteiger partial charge is 0.241 e. The van der Waals surface area contributed by atoms with Gasteiger partial charge >= 0.3 is 0 Å². The number of rotatable bonds is 5. The van der Waals surface area contributed by atoms with E-state index in [2.05, 4.69) is 10.9 Å². The van der Waals surface area contributed by atoms with Gasteiger partial charge in [-0.2, -0.15) is 0 Å². The number of amides is 1. The first-order chi connectivity index (χ1) is 8.45. The third kappa shape index (κ3) is 4.23. The van der Waals surface area contributed by atoms with Crippen molar-refractivity contribution in [2.24, 2.45) is 5.92 Å². The highest BCUT2D eigenvalue weighted by molar-refractivity contribution is 6.41. The summed E-state index contributed by atoms with van der Waals surface area (Å²) >= 11 is 17.7. The van der Waals surface area contributed by atoms with Crippen molar-refractivity contribution in [3.8, 4) is 0 Å². The van der Waals surface area contributed by atoms with Crippen LogP contribution in [-0.2, 0) is 4.79 Å². The normalized spacial score (nSPS) is 12.1. The first kappa shape index (κ1) is 15.4. The van der Waals surface area contributed by atoms with Crippen LogP contribution in [0.15, 0.2) is 12.1 Å². The molecule has 0 saturated carbocycles. The molecule has 2 N–H and O–H groups in total. The van der Waals surface area contributed by atoms with Gasteiger partial charge in [0, 0.05) is 10.9 Å². The molecule has 0 bridgehead atoms. The molecule has 18 heavy (non-hydrogen) atoms. The molecule has 0 aromatic heterocycles. The second-order valence-corrected chi connectivity index (χ2v) is 5.30. The topological polar surface area (TPSA) is 41.1 Å². The summed E-state index contributed by atoms with van der Waals surface area (Å²) in [7, 11) is 0. The molecule has 0 aliphatic rings. The summed E-state index contributed by atoms with van der Waals surface area (Å²) in [6.07, 6.45) is 1.78. The van der Waals surface area contributed by atoms with E-state index >= 15 is 0 Å². The van der Waals surface area contributed by atoms with Crippen molar-refractivity contribution in [3.05, 3.63) is 27.2 Å². The number of halogens is 3. The summed E-state index contributed by atoms with van der Waals surface area (Å²) in [6.45, 7) is 3.90. The number of anilines is 1. The zero-order valence-electron chi connectivity index (χ0n) is 10.2. The fraction of sp³-hybridized carbons (Fsp3) is 0.417. The lowest BCUT2D eigenvalue weighted by Gasteiger charge is -2.15. The van der Waals surface area contributed by atoms with Gasteiger partial charge in [0.2, 0.25) is 5.91 Å². The Kier molecular flexibility index (Phi) is 6.06. The largest absolute Gasteiger partial charge is 0.296 e. The van der Waals surface area contributed by atoms with E-state index in [9.17, 15) is 4.79 Å². The van der Waals surface area contributed by atoms with Crippen LogP contribution in [0.4, 0.5) is 5.69 Å². The van der Waals surface area contributed by atoms with Crippen molar-refractivity contribution in [2.45, 2.75) is 26.7 Å². The molecule has 1 unspecified atom stereocenters. The molecule has 0 fully saturated rings. The molecule has 0 spiro atoms. The lowest BCUT2D eigenvalue weighted by molar-refractivity contribution is -0.124. The van der Waals surface area contributed by atoms with Gasteiger partial charge in [-0.15, -0.1) is 0 Å². The van der Waals surface area contributed by atoms with E-state index in [0.29, 0.717) is 20.8 Å². The molecule has 3 nitrogen and oxygen atoms in total. The number of hydrazine groups is 1. The van der Waals surface area contributed by atoms with Crippen LogP contribution in [0.3, 0.4) is 0 Å². The molecule has 0 aliphatic carbocycles. The van der Waals surface area contributed by atoms with Crippen LogP contribution in [0.1, 0.15) is 26.7 Å². The van der Waals surface area contributed by atoms with E-state index in [1.807, 2.05) is 13.8 Å². The highest BCUT2D eigenvalue weighted by Gasteiger charge is 2.13. The third-order valence-electron chi connectivity index (χ3n) is 2.49. The van der Waals surface area contributed by atoms with Gasteiger partial charge in [-0.1, -0.05) is 55.1 Å². The Morgan fingerprint density at radius 1 is 1.28 bits per heavy atom. The number of nitrogens with one attached hydrogen (secondary N) is 2. The summed E-state index contributed by atoms with van der Waals surface area (Å²) in [4.78, 5) is 11.7. The number of benzene rings is 1. The van der Waals surface area contributed by atoms with Crippen molar-refractivity contribution in [2.75, 3.05) is 5.43 Å². The van der Waals surface area contributed by atoms with Crippen molar-refractivity contribution >= 4 is 46.4 Å². The molecule has 1 aromatic carbocycles. The molecule has 6 heteroatoms. The minimum atomic E-state index is -0.0982. The first-order valence-corrected chi connectivity index (χ1v) is 6.79. The Labute approximate surface area is 122 Å². The van der Waals surface area contributed by atoms with Crippen LogP contribution in [0.2, 0.25) is 15.1 Å². The monoisotopic (exact) mass is 308 g/mol. The fourth-order valence-corrected chi connectivity index (χ4v) is 2.38.